The Bertz CT molecular complexity index is 563. The summed E-state index contributed by atoms with van der Waals surface area (Å²) in [6.45, 7) is 12.3. The summed E-state index contributed by atoms with van der Waals surface area (Å²) in [6.07, 6.45) is -2.78. The molecule has 1 saturated carbocycles. The Morgan fingerprint density at radius 2 is 1.69 bits per heavy atom. The molecule has 7 atom stereocenters. The highest BCUT2D eigenvalue weighted by Crippen LogP contribution is 2.35. The summed E-state index contributed by atoms with van der Waals surface area (Å²) in [5.41, 5.74) is -0.168. The summed E-state index contributed by atoms with van der Waals surface area (Å²) in [4.78, 5) is 12.8. The quantitative estimate of drug-likeness (QED) is 0.259. The first-order valence-corrected chi connectivity index (χ1v) is 12.0. The average Bonchev–Trinajstić information content (AvgIpc) is 2.62. The maximum atomic E-state index is 12.8. The summed E-state index contributed by atoms with van der Waals surface area (Å²) >= 11 is 0. The molecule has 0 aliphatic heterocycles. The molecule has 1 fully saturated rings. The predicted molar refractivity (Wildman–Crippen MR) is 123 cm³/mol. The Labute approximate surface area is 193 Å². The van der Waals surface area contributed by atoms with Crippen molar-refractivity contribution < 1.29 is 35.1 Å². The summed E-state index contributed by atoms with van der Waals surface area (Å²) < 4.78 is 5.77. The summed E-state index contributed by atoms with van der Waals surface area (Å²) in [7, 11) is 0. The SMILES string of the molecule is CCCC(O)CC(O)C(COC1CCC(O)C(O)C1O)NC(=O)CC(C)(C)CC(C)(C)C. The van der Waals surface area contributed by atoms with Crippen LogP contribution in [-0.2, 0) is 9.53 Å². The number of aliphatic hydroxyl groups excluding tert-OH is 5. The number of rotatable bonds is 12. The molecule has 0 heterocycles. The zero-order valence-electron chi connectivity index (χ0n) is 20.8. The van der Waals surface area contributed by atoms with E-state index in [2.05, 4.69) is 26.1 Å². The number of ether oxygens (including phenoxy) is 1. The number of carbonyl (C=O) groups is 1. The monoisotopic (exact) mass is 461 g/mol. The van der Waals surface area contributed by atoms with Crippen molar-refractivity contribution in [3.8, 4) is 0 Å². The molecule has 0 aromatic rings. The smallest absolute Gasteiger partial charge is 0.220 e. The van der Waals surface area contributed by atoms with Gasteiger partial charge in [-0.05, 0) is 36.5 Å². The molecule has 8 heteroatoms. The van der Waals surface area contributed by atoms with E-state index in [9.17, 15) is 30.3 Å². The summed E-state index contributed by atoms with van der Waals surface area (Å²) in [5, 5.41) is 53.5. The van der Waals surface area contributed by atoms with Crippen LogP contribution in [0.1, 0.15) is 86.5 Å². The van der Waals surface area contributed by atoms with Crippen LogP contribution in [-0.4, -0.2) is 80.7 Å². The maximum Gasteiger partial charge on any atom is 0.220 e. The van der Waals surface area contributed by atoms with Crippen molar-refractivity contribution in [3.63, 3.8) is 0 Å². The van der Waals surface area contributed by atoms with Gasteiger partial charge in [-0.2, -0.15) is 0 Å². The van der Waals surface area contributed by atoms with Crippen LogP contribution in [0.3, 0.4) is 0 Å². The van der Waals surface area contributed by atoms with Crippen molar-refractivity contribution in [1.29, 1.82) is 0 Å². The number of hydrogen-bond donors (Lipinski definition) is 6. The van der Waals surface area contributed by atoms with Crippen molar-refractivity contribution in [1.82, 2.24) is 5.32 Å². The normalized spacial score (nSPS) is 27.6. The number of nitrogens with one attached hydrogen (secondary N) is 1. The molecular weight excluding hydrogens is 414 g/mol. The highest BCUT2D eigenvalue weighted by molar-refractivity contribution is 5.77. The van der Waals surface area contributed by atoms with Crippen LogP contribution in [0.4, 0.5) is 0 Å². The molecule has 190 valence electrons. The number of aliphatic hydroxyl groups is 5. The van der Waals surface area contributed by atoms with E-state index in [1.807, 2.05) is 20.8 Å². The second-order valence-electron chi connectivity index (χ2n) is 11.5. The molecule has 6 N–H and O–H groups in total. The van der Waals surface area contributed by atoms with E-state index in [4.69, 9.17) is 4.74 Å². The van der Waals surface area contributed by atoms with Gasteiger partial charge in [0.25, 0.3) is 0 Å². The van der Waals surface area contributed by atoms with Crippen molar-refractivity contribution >= 4 is 5.91 Å². The van der Waals surface area contributed by atoms with Gasteiger partial charge in [0, 0.05) is 12.8 Å². The first-order valence-electron chi connectivity index (χ1n) is 12.0. The average molecular weight is 462 g/mol. The summed E-state index contributed by atoms with van der Waals surface area (Å²) in [6, 6.07) is -0.768. The van der Waals surface area contributed by atoms with Crippen molar-refractivity contribution in [2.75, 3.05) is 6.61 Å². The molecule has 8 nitrogen and oxygen atoms in total. The lowest BCUT2D eigenvalue weighted by molar-refractivity contribution is -0.158. The van der Waals surface area contributed by atoms with Gasteiger partial charge in [0.05, 0.1) is 37.1 Å². The molecule has 0 radical (unpaired) electrons. The second-order valence-corrected chi connectivity index (χ2v) is 11.5. The van der Waals surface area contributed by atoms with E-state index >= 15 is 0 Å². The summed E-state index contributed by atoms with van der Waals surface area (Å²) in [5.74, 6) is -0.212. The fourth-order valence-corrected chi connectivity index (χ4v) is 4.87. The topological polar surface area (TPSA) is 139 Å². The maximum absolute atomic E-state index is 12.8. The van der Waals surface area contributed by atoms with Crippen molar-refractivity contribution in [2.24, 2.45) is 10.8 Å². The minimum atomic E-state index is -1.30. The third-order valence-electron chi connectivity index (χ3n) is 5.96. The molecule has 0 spiro atoms. The van der Waals surface area contributed by atoms with Gasteiger partial charge < -0.3 is 35.6 Å². The molecule has 7 unspecified atom stereocenters. The van der Waals surface area contributed by atoms with Gasteiger partial charge in [0.1, 0.15) is 12.2 Å². The van der Waals surface area contributed by atoms with Gasteiger partial charge in [-0.25, -0.2) is 0 Å². The van der Waals surface area contributed by atoms with Gasteiger partial charge in [-0.15, -0.1) is 0 Å². The molecule has 1 aliphatic rings. The Balaban J connectivity index is 2.80. The Morgan fingerprint density at radius 3 is 2.25 bits per heavy atom. The van der Waals surface area contributed by atoms with Gasteiger partial charge in [-0.3, -0.25) is 4.79 Å². The standard InChI is InChI=1S/C24H47NO7/c1-7-8-15(26)11-18(28)16(13-32-19-10-9-17(27)21(30)22(19)31)25-20(29)12-24(5,6)14-23(2,3)4/h15-19,21-22,26-28,30-31H,7-14H2,1-6H3,(H,25,29). The first kappa shape index (κ1) is 29.3. The molecule has 0 aromatic carbocycles. The molecular formula is C24H47NO7. The molecule has 0 aromatic heterocycles. The predicted octanol–water partition coefficient (Wildman–Crippen LogP) is 1.50. The number of carbonyl (C=O) groups excluding carboxylic acids is 1. The van der Waals surface area contributed by atoms with Crippen LogP contribution in [0.25, 0.3) is 0 Å². The molecule has 1 aliphatic carbocycles. The van der Waals surface area contributed by atoms with Crippen LogP contribution < -0.4 is 5.32 Å². The zero-order chi connectivity index (χ0) is 24.7. The van der Waals surface area contributed by atoms with Crippen LogP contribution in [0.2, 0.25) is 0 Å². The molecule has 32 heavy (non-hydrogen) atoms. The van der Waals surface area contributed by atoms with Crippen LogP contribution in [0.15, 0.2) is 0 Å². The Kier molecular flexibility index (Phi) is 11.5. The van der Waals surface area contributed by atoms with Crippen molar-refractivity contribution in [3.05, 3.63) is 0 Å². The zero-order valence-corrected chi connectivity index (χ0v) is 20.8. The van der Waals surface area contributed by atoms with Crippen molar-refractivity contribution in [2.45, 2.75) is 129 Å². The number of amides is 1. The Hall–Kier alpha value is -0.770. The minimum absolute atomic E-state index is 0.0680. The highest BCUT2D eigenvalue weighted by atomic mass is 16.5. The third kappa shape index (κ3) is 10.4. The van der Waals surface area contributed by atoms with E-state index in [0.29, 0.717) is 19.3 Å². The van der Waals surface area contributed by atoms with Gasteiger partial charge >= 0.3 is 0 Å². The third-order valence-corrected chi connectivity index (χ3v) is 5.96. The lowest BCUT2D eigenvalue weighted by Crippen LogP contribution is -2.53. The van der Waals surface area contributed by atoms with Crippen LogP contribution >= 0.6 is 0 Å². The van der Waals surface area contributed by atoms with Crippen LogP contribution in [0, 0.1) is 10.8 Å². The van der Waals surface area contributed by atoms with Crippen LogP contribution in [0.5, 0.6) is 0 Å². The first-order chi connectivity index (χ1) is 14.6. The lowest BCUT2D eigenvalue weighted by atomic mass is 9.74. The molecule has 1 rings (SSSR count). The number of hydrogen-bond acceptors (Lipinski definition) is 7. The largest absolute Gasteiger partial charge is 0.393 e. The van der Waals surface area contributed by atoms with Gasteiger partial charge in [-0.1, -0.05) is 48.0 Å². The fraction of sp³-hybridized carbons (Fsp3) is 0.958. The molecule has 1 amide bonds. The molecule has 0 saturated heterocycles. The van der Waals surface area contributed by atoms with Gasteiger partial charge in [0.15, 0.2) is 0 Å². The minimum Gasteiger partial charge on any atom is -0.393 e. The molecule has 0 bridgehead atoms. The highest BCUT2D eigenvalue weighted by Gasteiger charge is 2.38. The van der Waals surface area contributed by atoms with Gasteiger partial charge in [0.2, 0.25) is 5.91 Å². The Morgan fingerprint density at radius 1 is 1.06 bits per heavy atom. The fourth-order valence-electron chi connectivity index (χ4n) is 4.87. The van der Waals surface area contributed by atoms with E-state index in [1.165, 1.54) is 0 Å². The van der Waals surface area contributed by atoms with E-state index < -0.39 is 42.7 Å². The lowest BCUT2D eigenvalue weighted by Gasteiger charge is -2.36. The van der Waals surface area contributed by atoms with E-state index in [0.717, 1.165) is 12.8 Å². The van der Waals surface area contributed by atoms with E-state index in [-0.39, 0.29) is 36.2 Å². The van der Waals surface area contributed by atoms with E-state index in [1.54, 1.807) is 0 Å². The second kappa shape index (κ2) is 12.6.